The summed E-state index contributed by atoms with van der Waals surface area (Å²) in [4.78, 5) is 0. The van der Waals surface area contributed by atoms with E-state index in [4.69, 9.17) is 5.73 Å². The van der Waals surface area contributed by atoms with Crippen LogP contribution in [0.25, 0.3) is 0 Å². The molecule has 0 spiro atoms. The third-order valence-electron chi connectivity index (χ3n) is 3.29. The SMILES string of the molecule is CCCCCCC(N)Cc1cc(CC)nn1C. The number of nitrogens with zero attached hydrogens (tertiary/aromatic N) is 2. The van der Waals surface area contributed by atoms with Crippen molar-refractivity contribution >= 4 is 0 Å². The van der Waals surface area contributed by atoms with Crippen LogP contribution in [-0.2, 0) is 19.9 Å². The summed E-state index contributed by atoms with van der Waals surface area (Å²) < 4.78 is 1.98. The Morgan fingerprint density at radius 1 is 1.29 bits per heavy atom. The van der Waals surface area contributed by atoms with Crippen LogP contribution in [0.2, 0.25) is 0 Å². The molecule has 1 atom stereocenters. The van der Waals surface area contributed by atoms with Gasteiger partial charge in [0.2, 0.25) is 0 Å². The first-order valence-corrected chi connectivity index (χ1v) is 6.94. The number of aromatic nitrogens is 2. The molecular formula is C14H27N3. The Hall–Kier alpha value is -0.830. The van der Waals surface area contributed by atoms with E-state index in [0.717, 1.165) is 19.3 Å². The van der Waals surface area contributed by atoms with E-state index >= 15 is 0 Å². The van der Waals surface area contributed by atoms with E-state index in [1.54, 1.807) is 0 Å². The van der Waals surface area contributed by atoms with Gasteiger partial charge in [-0.05, 0) is 18.9 Å². The van der Waals surface area contributed by atoms with E-state index in [0.29, 0.717) is 0 Å². The molecule has 0 saturated carbocycles. The molecule has 1 unspecified atom stereocenters. The lowest BCUT2D eigenvalue weighted by atomic mass is 10.0. The summed E-state index contributed by atoms with van der Waals surface area (Å²) >= 11 is 0. The van der Waals surface area contributed by atoms with Gasteiger partial charge in [0.1, 0.15) is 0 Å². The fraction of sp³-hybridized carbons (Fsp3) is 0.786. The van der Waals surface area contributed by atoms with Gasteiger partial charge in [-0.1, -0.05) is 39.5 Å². The Morgan fingerprint density at radius 2 is 2.06 bits per heavy atom. The Bertz CT molecular complexity index is 317. The zero-order valence-electron chi connectivity index (χ0n) is 11.6. The molecule has 0 aliphatic carbocycles. The predicted molar refractivity (Wildman–Crippen MR) is 73.0 cm³/mol. The van der Waals surface area contributed by atoms with Gasteiger partial charge in [-0.2, -0.15) is 5.10 Å². The summed E-state index contributed by atoms with van der Waals surface area (Å²) in [7, 11) is 2.01. The number of rotatable bonds is 8. The van der Waals surface area contributed by atoms with E-state index in [2.05, 4.69) is 25.0 Å². The minimum Gasteiger partial charge on any atom is -0.327 e. The van der Waals surface area contributed by atoms with E-state index in [1.165, 1.54) is 37.1 Å². The minimum absolute atomic E-state index is 0.284. The number of nitrogens with two attached hydrogens (primary N) is 1. The summed E-state index contributed by atoms with van der Waals surface area (Å²) in [5.74, 6) is 0. The number of hydrogen-bond donors (Lipinski definition) is 1. The highest BCUT2D eigenvalue weighted by Crippen LogP contribution is 2.10. The second-order valence-electron chi connectivity index (χ2n) is 4.92. The van der Waals surface area contributed by atoms with E-state index in [-0.39, 0.29) is 6.04 Å². The molecule has 2 N–H and O–H groups in total. The van der Waals surface area contributed by atoms with Crippen molar-refractivity contribution in [2.75, 3.05) is 0 Å². The molecule has 0 aromatic carbocycles. The summed E-state index contributed by atoms with van der Waals surface area (Å²) in [6.45, 7) is 4.37. The van der Waals surface area contributed by atoms with Crippen LogP contribution in [0, 0.1) is 0 Å². The van der Waals surface area contributed by atoms with Gasteiger partial charge in [0.25, 0.3) is 0 Å². The Balaban J connectivity index is 2.34. The van der Waals surface area contributed by atoms with Crippen molar-refractivity contribution in [1.29, 1.82) is 0 Å². The van der Waals surface area contributed by atoms with Crippen molar-refractivity contribution in [3.8, 4) is 0 Å². The maximum atomic E-state index is 6.17. The maximum absolute atomic E-state index is 6.17. The molecule has 1 aromatic heterocycles. The maximum Gasteiger partial charge on any atom is 0.0624 e. The van der Waals surface area contributed by atoms with E-state index < -0.39 is 0 Å². The Labute approximate surface area is 105 Å². The molecule has 1 rings (SSSR count). The lowest BCUT2D eigenvalue weighted by Crippen LogP contribution is -2.23. The van der Waals surface area contributed by atoms with Gasteiger partial charge in [-0.25, -0.2) is 0 Å². The van der Waals surface area contributed by atoms with Gasteiger partial charge in [0.05, 0.1) is 5.69 Å². The van der Waals surface area contributed by atoms with Gasteiger partial charge in [0, 0.05) is 25.2 Å². The Kier molecular flexibility index (Phi) is 6.27. The average molecular weight is 237 g/mol. The zero-order chi connectivity index (χ0) is 12.7. The highest BCUT2D eigenvalue weighted by atomic mass is 15.3. The molecule has 0 amide bonds. The Morgan fingerprint density at radius 3 is 2.65 bits per heavy atom. The molecule has 1 heterocycles. The number of unbranched alkanes of at least 4 members (excludes halogenated alkanes) is 3. The van der Waals surface area contributed by atoms with Crippen LogP contribution >= 0.6 is 0 Å². The lowest BCUT2D eigenvalue weighted by molar-refractivity contribution is 0.531. The van der Waals surface area contributed by atoms with Crippen LogP contribution in [0.4, 0.5) is 0 Å². The molecule has 0 saturated heterocycles. The molecule has 0 radical (unpaired) electrons. The first-order valence-electron chi connectivity index (χ1n) is 6.94. The molecule has 0 fully saturated rings. The largest absolute Gasteiger partial charge is 0.327 e. The molecule has 0 aliphatic rings. The standard InChI is InChI=1S/C14H27N3/c1-4-6-7-8-9-12(15)10-14-11-13(5-2)16-17(14)3/h11-12H,4-10,15H2,1-3H3. The third kappa shape index (κ3) is 4.90. The van der Waals surface area contributed by atoms with Crippen molar-refractivity contribution < 1.29 is 0 Å². The topological polar surface area (TPSA) is 43.8 Å². The summed E-state index contributed by atoms with van der Waals surface area (Å²) in [6.07, 6.45) is 8.28. The van der Waals surface area contributed by atoms with Crippen LogP contribution in [-0.4, -0.2) is 15.8 Å². The lowest BCUT2D eigenvalue weighted by Gasteiger charge is -2.11. The fourth-order valence-corrected chi connectivity index (χ4v) is 2.14. The molecule has 3 heteroatoms. The minimum atomic E-state index is 0.284. The predicted octanol–water partition coefficient (Wildman–Crippen LogP) is 2.82. The third-order valence-corrected chi connectivity index (χ3v) is 3.29. The van der Waals surface area contributed by atoms with Crippen LogP contribution in [0.3, 0.4) is 0 Å². The molecule has 0 aliphatic heterocycles. The average Bonchev–Trinajstić information content (AvgIpc) is 2.66. The first-order chi connectivity index (χ1) is 8.17. The fourth-order valence-electron chi connectivity index (χ4n) is 2.14. The highest BCUT2D eigenvalue weighted by molar-refractivity contribution is 5.11. The van der Waals surface area contributed by atoms with Crippen LogP contribution in [0.5, 0.6) is 0 Å². The summed E-state index contributed by atoms with van der Waals surface area (Å²) in [5.41, 5.74) is 8.60. The van der Waals surface area contributed by atoms with Crippen molar-refractivity contribution in [1.82, 2.24) is 9.78 Å². The highest BCUT2D eigenvalue weighted by Gasteiger charge is 2.09. The van der Waals surface area contributed by atoms with Crippen molar-refractivity contribution in [3.05, 3.63) is 17.5 Å². The molecule has 1 aromatic rings. The van der Waals surface area contributed by atoms with E-state index in [1.807, 2.05) is 11.7 Å². The first kappa shape index (κ1) is 14.2. The summed E-state index contributed by atoms with van der Waals surface area (Å²) in [5, 5.41) is 4.45. The van der Waals surface area contributed by atoms with Gasteiger partial charge >= 0.3 is 0 Å². The van der Waals surface area contributed by atoms with Crippen molar-refractivity contribution in [2.24, 2.45) is 12.8 Å². The second kappa shape index (κ2) is 7.49. The molecule has 98 valence electrons. The second-order valence-corrected chi connectivity index (χ2v) is 4.92. The quantitative estimate of drug-likeness (QED) is 0.707. The molecule has 17 heavy (non-hydrogen) atoms. The van der Waals surface area contributed by atoms with E-state index in [9.17, 15) is 0 Å². The van der Waals surface area contributed by atoms with Crippen LogP contribution in [0.1, 0.15) is 57.3 Å². The molecule has 3 nitrogen and oxygen atoms in total. The molecule has 0 bridgehead atoms. The van der Waals surface area contributed by atoms with Gasteiger partial charge in [-0.3, -0.25) is 4.68 Å². The zero-order valence-corrected chi connectivity index (χ0v) is 11.6. The number of aryl methyl sites for hydroxylation is 2. The van der Waals surface area contributed by atoms with Crippen LogP contribution < -0.4 is 5.73 Å². The summed E-state index contributed by atoms with van der Waals surface area (Å²) in [6, 6.07) is 2.47. The molecular weight excluding hydrogens is 210 g/mol. The smallest absolute Gasteiger partial charge is 0.0624 e. The van der Waals surface area contributed by atoms with Gasteiger partial charge < -0.3 is 5.73 Å². The monoisotopic (exact) mass is 237 g/mol. The van der Waals surface area contributed by atoms with Crippen molar-refractivity contribution in [2.45, 2.75) is 64.8 Å². The van der Waals surface area contributed by atoms with Gasteiger partial charge in [0.15, 0.2) is 0 Å². The van der Waals surface area contributed by atoms with Crippen LogP contribution in [0.15, 0.2) is 6.07 Å². The van der Waals surface area contributed by atoms with Gasteiger partial charge in [-0.15, -0.1) is 0 Å². The number of hydrogen-bond acceptors (Lipinski definition) is 2. The normalized spacial score (nSPS) is 12.9. The van der Waals surface area contributed by atoms with Crippen molar-refractivity contribution in [3.63, 3.8) is 0 Å².